The minimum Gasteiger partial charge on any atom is -0.305 e. The molecular weight excluding hydrogens is 310 g/mol. The van der Waals surface area contributed by atoms with Gasteiger partial charge in [-0.15, -0.1) is 0 Å². The van der Waals surface area contributed by atoms with Crippen LogP contribution in [0.15, 0.2) is 59.6 Å². The number of carbonyl (C=O) groups is 1. The number of aliphatic imine (C=N–C) groups is 1. The molecule has 0 spiro atoms. The molecule has 1 aromatic carbocycles. The van der Waals surface area contributed by atoms with Crippen molar-refractivity contribution in [3.05, 3.63) is 71.0 Å². The lowest BCUT2D eigenvalue weighted by Crippen LogP contribution is -2.32. The Balaban J connectivity index is 2.16. The van der Waals surface area contributed by atoms with Crippen molar-refractivity contribution in [1.82, 2.24) is 4.98 Å². The summed E-state index contributed by atoms with van der Waals surface area (Å²) < 4.78 is 0. The van der Waals surface area contributed by atoms with Gasteiger partial charge in [-0.1, -0.05) is 54.1 Å². The maximum absolute atomic E-state index is 12.5. The third kappa shape index (κ3) is 3.17. The number of anilines is 1. The molecule has 3 rings (SSSR count). The summed E-state index contributed by atoms with van der Waals surface area (Å²) in [5.74, 6) is -0.0561. The molecule has 0 radical (unpaired) electrons. The average molecular weight is 326 g/mol. The number of allylic oxidation sites excluding steroid dienone is 1. The number of hydrogen-bond acceptors (Lipinski definition) is 3. The fourth-order valence-electron chi connectivity index (χ4n) is 2.50. The second kappa shape index (κ2) is 6.75. The van der Waals surface area contributed by atoms with Crippen molar-refractivity contribution in [2.24, 2.45) is 4.99 Å². The second-order valence-electron chi connectivity index (χ2n) is 5.11. The SMILES string of the molecule is C/C=C/CN1C(=O)CN=C(c2ccccc2)c2nc(Cl)ccc21. The molecule has 1 aromatic heterocycles. The molecule has 0 unspecified atom stereocenters. The van der Waals surface area contributed by atoms with Gasteiger partial charge in [0, 0.05) is 12.1 Å². The highest BCUT2D eigenvalue weighted by Crippen LogP contribution is 2.27. The quantitative estimate of drug-likeness (QED) is 0.640. The summed E-state index contributed by atoms with van der Waals surface area (Å²) in [6.45, 7) is 2.51. The van der Waals surface area contributed by atoms with Crippen LogP contribution in [0.2, 0.25) is 5.15 Å². The summed E-state index contributed by atoms with van der Waals surface area (Å²) in [6.07, 6.45) is 3.85. The molecule has 116 valence electrons. The first kappa shape index (κ1) is 15.4. The zero-order valence-electron chi connectivity index (χ0n) is 12.7. The third-order valence-electron chi connectivity index (χ3n) is 3.60. The van der Waals surface area contributed by atoms with Gasteiger partial charge in [-0.3, -0.25) is 9.79 Å². The molecule has 1 aliphatic rings. The van der Waals surface area contributed by atoms with Crippen LogP contribution in [0.4, 0.5) is 5.69 Å². The number of fused-ring (bicyclic) bond motifs is 1. The topological polar surface area (TPSA) is 45.6 Å². The highest BCUT2D eigenvalue weighted by atomic mass is 35.5. The summed E-state index contributed by atoms with van der Waals surface area (Å²) >= 11 is 6.09. The van der Waals surface area contributed by atoms with Crippen LogP contribution in [0, 0.1) is 0 Å². The van der Waals surface area contributed by atoms with Crippen molar-refractivity contribution >= 4 is 28.9 Å². The molecular formula is C18H16ClN3O. The Morgan fingerprint density at radius 1 is 1.22 bits per heavy atom. The summed E-state index contributed by atoms with van der Waals surface area (Å²) in [5.41, 5.74) is 2.99. The van der Waals surface area contributed by atoms with E-state index in [4.69, 9.17) is 11.6 Å². The Kier molecular flexibility index (Phi) is 4.53. The molecule has 0 saturated heterocycles. The molecule has 2 heterocycles. The minimum atomic E-state index is -0.0561. The fraction of sp³-hybridized carbons (Fsp3) is 0.167. The lowest BCUT2D eigenvalue weighted by Gasteiger charge is -2.21. The van der Waals surface area contributed by atoms with Gasteiger partial charge in [-0.2, -0.15) is 0 Å². The Morgan fingerprint density at radius 3 is 2.74 bits per heavy atom. The van der Waals surface area contributed by atoms with Gasteiger partial charge in [0.1, 0.15) is 17.4 Å². The number of carbonyl (C=O) groups excluding carboxylic acids is 1. The molecule has 2 aromatic rings. The third-order valence-corrected chi connectivity index (χ3v) is 3.81. The molecule has 23 heavy (non-hydrogen) atoms. The second-order valence-corrected chi connectivity index (χ2v) is 5.49. The lowest BCUT2D eigenvalue weighted by atomic mass is 10.1. The number of rotatable bonds is 3. The summed E-state index contributed by atoms with van der Waals surface area (Å²) in [5, 5.41) is 0.382. The number of pyridine rings is 1. The molecule has 0 bridgehead atoms. The van der Waals surface area contributed by atoms with Gasteiger partial charge in [0.25, 0.3) is 0 Å². The van der Waals surface area contributed by atoms with Gasteiger partial charge in [0.05, 0.1) is 11.4 Å². The molecule has 1 amide bonds. The Bertz CT molecular complexity index is 784. The van der Waals surface area contributed by atoms with Crippen molar-refractivity contribution in [3.63, 3.8) is 0 Å². The molecule has 4 nitrogen and oxygen atoms in total. The van der Waals surface area contributed by atoms with E-state index in [9.17, 15) is 4.79 Å². The average Bonchev–Trinajstić information content (AvgIpc) is 2.70. The molecule has 1 aliphatic heterocycles. The molecule has 0 aliphatic carbocycles. The number of nitrogens with zero attached hydrogens (tertiary/aromatic N) is 3. The van der Waals surface area contributed by atoms with Crippen molar-refractivity contribution in [3.8, 4) is 0 Å². The van der Waals surface area contributed by atoms with Crippen molar-refractivity contribution in [1.29, 1.82) is 0 Å². The van der Waals surface area contributed by atoms with Gasteiger partial charge in [0.2, 0.25) is 5.91 Å². The highest BCUT2D eigenvalue weighted by molar-refractivity contribution is 6.30. The lowest BCUT2D eigenvalue weighted by molar-refractivity contribution is -0.117. The summed E-state index contributed by atoms with van der Waals surface area (Å²) in [7, 11) is 0. The zero-order chi connectivity index (χ0) is 16.2. The first-order valence-electron chi connectivity index (χ1n) is 7.39. The number of amides is 1. The minimum absolute atomic E-state index is 0.0561. The van der Waals surface area contributed by atoms with E-state index in [1.807, 2.05) is 55.5 Å². The van der Waals surface area contributed by atoms with Crippen LogP contribution in [0.1, 0.15) is 18.2 Å². The van der Waals surface area contributed by atoms with Crippen molar-refractivity contribution in [2.45, 2.75) is 6.92 Å². The van der Waals surface area contributed by atoms with Crippen molar-refractivity contribution < 1.29 is 4.79 Å². The standard InChI is InChI=1S/C18H16ClN3O/c1-2-3-11-22-14-9-10-15(19)21-18(14)17(20-12-16(22)23)13-7-5-4-6-8-13/h2-10H,11-12H2,1H3/b3-2+. The number of hydrogen-bond donors (Lipinski definition) is 0. The highest BCUT2D eigenvalue weighted by Gasteiger charge is 2.25. The smallest absolute Gasteiger partial charge is 0.249 e. The molecule has 0 N–H and O–H groups in total. The van der Waals surface area contributed by atoms with E-state index < -0.39 is 0 Å². The molecule has 0 fully saturated rings. The normalized spacial score (nSPS) is 14.6. The van der Waals surface area contributed by atoms with E-state index in [2.05, 4.69) is 9.98 Å². The van der Waals surface area contributed by atoms with E-state index in [-0.39, 0.29) is 12.5 Å². The number of aromatic nitrogens is 1. The first-order chi connectivity index (χ1) is 11.2. The van der Waals surface area contributed by atoms with Gasteiger partial charge in [-0.25, -0.2) is 4.98 Å². The van der Waals surface area contributed by atoms with E-state index >= 15 is 0 Å². The van der Waals surface area contributed by atoms with Crippen LogP contribution >= 0.6 is 11.6 Å². The molecule has 0 saturated carbocycles. The van der Waals surface area contributed by atoms with Gasteiger partial charge < -0.3 is 4.90 Å². The number of halogens is 1. The predicted octanol–water partition coefficient (Wildman–Crippen LogP) is 3.50. The largest absolute Gasteiger partial charge is 0.305 e. The maximum atomic E-state index is 12.5. The monoisotopic (exact) mass is 325 g/mol. The van der Waals surface area contributed by atoms with Crippen LogP contribution in [0.25, 0.3) is 0 Å². The van der Waals surface area contributed by atoms with E-state index in [1.165, 1.54) is 0 Å². The van der Waals surface area contributed by atoms with Crippen LogP contribution in [0.3, 0.4) is 0 Å². The molecule has 0 atom stereocenters. The Hall–Kier alpha value is -2.46. The molecule has 5 heteroatoms. The Morgan fingerprint density at radius 2 is 2.00 bits per heavy atom. The van der Waals surface area contributed by atoms with Gasteiger partial charge in [-0.05, 0) is 19.1 Å². The fourth-order valence-corrected chi connectivity index (χ4v) is 2.64. The van der Waals surface area contributed by atoms with E-state index in [1.54, 1.807) is 11.0 Å². The predicted molar refractivity (Wildman–Crippen MR) is 93.4 cm³/mol. The summed E-state index contributed by atoms with van der Waals surface area (Å²) in [4.78, 5) is 23.1. The van der Waals surface area contributed by atoms with E-state index in [0.717, 1.165) is 11.3 Å². The first-order valence-corrected chi connectivity index (χ1v) is 7.77. The summed E-state index contributed by atoms with van der Waals surface area (Å²) in [6, 6.07) is 13.3. The van der Waals surface area contributed by atoms with Crippen LogP contribution in [0.5, 0.6) is 0 Å². The van der Waals surface area contributed by atoms with Gasteiger partial charge in [0.15, 0.2) is 0 Å². The van der Waals surface area contributed by atoms with Crippen LogP contribution < -0.4 is 4.90 Å². The Labute approximate surface area is 140 Å². The van der Waals surface area contributed by atoms with Crippen LogP contribution in [-0.2, 0) is 4.79 Å². The van der Waals surface area contributed by atoms with Gasteiger partial charge >= 0.3 is 0 Å². The zero-order valence-corrected chi connectivity index (χ0v) is 13.5. The maximum Gasteiger partial charge on any atom is 0.249 e. The number of benzene rings is 1. The van der Waals surface area contributed by atoms with Crippen LogP contribution in [-0.4, -0.2) is 29.7 Å². The van der Waals surface area contributed by atoms with Crippen molar-refractivity contribution in [2.75, 3.05) is 18.0 Å². The van der Waals surface area contributed by atoms with E-state index in [0.29, 0.717) is 23.1 Å².